The zero-order valence-electron chi connectivity index (χ0n) is 18.5. The third-order valence-electron chi connectivity index (χ3n) is 5.31. The Bertz CT molecular complexity index is 1350. The number of ether oxygens (including phenoxy) is 1. The molecule has 4 aromatic rings. The smallest absolute Gasteiger partial charge is 0.417 e. The second kappa shape index (κ2) is 8.97. The van der Waals surface area contributed by atoms with Crippen LogP contribution in [0.5, 0.6) is 11.6 Å². The monoisotopic (exact) mass is 467 g/mol. The highest BCUT2D eigenvalue weighted by Gasteiger charge is 2.34. The van der Waals surface area contributed by atoms with Gasteiger partial charge < -0.3 is 10.1 Å². The predicted octanol–water partition coefficient (Wildman–Crippen LogP) is 5.65. The number of halogens is 3. The van der Waals surface area contributed by atoms with Crippen LogP contribution in [0.25, 0.3) is 5.82 Å². The number of carbonyl (C=O) groups excluding carboxylic acids is 1. The minimum Gasteiger partial charge on any atom is -0.439 e. The van der Waals surface area contributed by atoms with E-state index in [1.807, 2.05) is 20.8 Å². The quantitative estimate of drug-likeness (QED) is 0.410. The van der Waals surface area contributed by atoms with Crippen LogP contribution in [0.1, 0.15) is 32.9 Å². The summed E-state index contributed by atoms with van der Waals surface area (Å²) in [6.45, 7) is 5.84. The Hall–Kier alpha value is -4.21. The molecule has 2 heterocycles. The predicted molar refractivity (Wildman–Crippen MR) is 119 cm³/mol. The number of nitrogens with one attached hydrogen (secondary N) is 1. The molecule has 0 unspecified atom stereocenters. The number of anilines is 1. The number of rotatable bonds is 5. The van der Waals surface area contributed by atoms with Gasteiger partial charge in [-0.15, -0.1) is 0 Å². The number of hydrogen-bond donors (Lipinski definition) is 1. The van der Waals surface area contributed by atoms with E-state index in [1.54, 1.807) is 22.9 Å². The molecule has 2 aromatic carbocycles. The number of hydrogen-bond acceptors (Lipinski definition) is 5. The van der Waals surface area contributed by atoms with Crippen molar-refractivity contribution in [3.05, 3.63) is 89.0 Å². The minimum atomic E-state index is -4.63. The lowest BCUT2D eigenvalue weighted by Crippen LogP contribution is -2.18. The topological polar surface area (TPSA) is 81.9 Å². The Kier molecular flexibility index (Phi) is 6.06. The molecule has 0 spiro atoms. The molecule has 0 aliphatic rings. The molecule has 0 radical (unpaired) electrons. The van der Waals surface area contributed by atoms with Gasteiger partial charge in [0.1, 0.15) is 12.1 Å². The van der Waals surface area contributed by atoms with E-state index in [1.165, 1.54) is 30.6 Å². The molecule has 1 amide bonds. The van der Waals surface area contributed by atoms with Crippen molar-refractivity contribution in [2.45, 2.75) is 26.9 Å². The Morgan fingerprint density at radius 3 is 2.35 bits per heavy atom. The summed E-state index contributed by atoms with van der Waals surface area (Å²) in [5.41, 5.74) is 1.78. The van der Waals surface area contributed by atoms with E-state index in [2.05, 4.69) is 20.4 Å². The van der Waals surface area contributed by atoms with Gasteiger partial charge in [0, 0.05) is 17.4 Å². The van der Waals surface area contributed by atoms with Gasteiger partial charge in [-0.2, -0.15) is 18.3 Å². The molecule has 4 rings (SSSR count). The van der Waals surface area contributed by atoms with E-state index in [9.17, 15) is 18.0 Å². The van der Waals surface area contributed by atoms with Gasteiger partial charge >= 0.3 is 6.18 Å². The number of nitrogens with zero attached hydrogens (tertiary/aromatic N) is 4. The summed E-state index contributed by atoms with van der Waals surface area (Å²) in [5.74, 6) is 0.391. The highest BCUT2D eigenvalue weighted by atomic mass is 19.4. The van der Waals surface area contributed by atoms with Crippen molar-refractivity contribution < 1.29 is 22.7 Å². The largest absolute Gasteiger partial charge is 0.439 e. The van der Waals surface area contributed by atoms with E-state index in [4.69, 9.17) is 4.74 Å². The normalized spacial score (nSPS) is 11.4. The van der Waals surface area contributed by atoms with Crippen LogP contribution in [0, 0.1) is 20.8 Å². The van der Waals surface area contributed by atoms with E-state index < -0.39 is 23.2 Å². The Labute approximate surface area is 193 Å². The number of aromatic nitrogens is 4. The van der Waals surface area contributed by atoms with E-state index in [-0.39, 0.29) is 5.88 Å². The summed E-state index contributed by atoms with van der Waals surface area (Å²) in [5, 5.41) is 6.95. The summed E-state index contributed by atoms with van der Waals surface area (Å²) < 4.78 is 47.0. The maximum Gasteiger partial charge on any atom is 0.417 e. The fraction of sp³-hybridized carbons (Fsp3) is 0.167. The number of benzene rings is 2. The van der Waals surface area contributed by atoms with Crippen molar-refractivity contribution in [3.8, 4) is 17.4 Å². The molecular weight excluding hydrogens is 447 g/mol. The highest BCUT2D eigenvalue weighted by molar-refractivity contribution is 6.05. The molecule has 174 valence electrons. The maximum absolute atomic E-state index is 13.2. The first kappa shape index (κ1) is 23.0. The summed E-state index contributed by atoms with van der Waals surface area (Å²) in [6, 6.07) is 12.4. The zero-order chi connectivity index (χ0) is 24.5. The van der Waals surface area contributed by atoms with Crippen LogP contribution < -0.4 is 10.1 Å². The van der Waals surface area contributed by atoms with Gasteiger partial charge in [0.15, 0.2) is 5.82 Å². The van der Waals surface area contributed by atoms with Gasteiger partial charge in [0.25, 0.3) is 5.91 Å². The van der Waals surface area contributed by atoms with Crippen LogP contribution in [0.4, 0.5) is 18.9 Å². The Balaban J connectivity index is 1.48. The van der Waals surface area contributed by atoms with Crippen molar-refractivity contribution >= 4 is 11.6 Å². The molecule has 0 saturated heterocycles. The minimum absolute atomic E-state index is 0.283. The van der Waals surface area contributed by atoms with Crippen LogP contribution in [-0.4, -0.2) is 25.7 Å². The van der Waals surface area contributed by atoms with E-state index >= 15 is 0 Å². The van der Waals surface area contributed by atoms with Crippen molar-refractivity contribution in [1.82, 2.24) is 19.7 Å². The van der Waals surface area contributed by atoms with Gasteiger partial charge in [-0.3, -0.25) is 4.79 Å². The van der Waals surface area contributed by atoms with Crippen molar-refractivity contribution in [2.75, 3.05) is 5.32 Å². The van der Waals surface area contributed by atoms with E-state index in [0.29, 0.717) is 17.3 Å². The second-order valence-electron chi connectivity index (χ2n) is 7.55. The molecule has 2 aromatic heterocycles. The maximum atomic E-state index is 13.2. The average Bonchev–Trinajstić information content (AvgIpc) is 3.07. The van der Waals surface area contributed by atoms with Crippen LogP contribution in [0.2, 0.25) is 0 Å². The van der Waals surface area contributed by atoms with Crippen molar-refractivity contribution in [1.29, 1.82) is 0 Å². The van der Waals surface area contributed by atoms with E-state index in [0.717, 1.165) is 29.1 Å². The fourth-order valence-electron chi connectivity index (χ4n) is 3.30. The van der Waals surface area contributed by atoms with Gasteiger partial charge in [0.2, 0.25) is 5.88 Å². The van der Waals surface area contributed by atoms with Crippen molar-refractivity contribution in [3.63, 3.8) is 0 Å². The van der Waals surface area contributed by atoms with Crippen LogP contribution in [-0.2, 0) is 6.18 Å². The fourth-order valence-corrected chi connectivity index (χ4v) is 3.30. The third-order valence-corrected chi connectivity index (χ3v) is 5.31. The molecule has 0 atom stereocenters. The molecule has 0 aliphatic heterocycles. The number of amides is 1. The van der Waals surface area contributed by atoms with Gasteiger partial charge in [-0.05, 0) is 62.7 Å². The lowest BCUT2D eigenvalue weighted by Gasteiger charge is -2.13. The van der Waals surface area contributed by atoms with Crippen LogP contribution in [0.15, 0.2) is 60.9 Å². The molecular formula is C24H20F3N5O2. The Morgan fingerprint density at radius 2 is 1.71 bits per heavy atom. The summed E-state index contributed by atoms with van der Waals surface area (Å²) >= 11 is 0. The van der Waals surface area contributed by atoms with Gasteiger partial charge in [-0.25, -0.2) is 14.6 Å². The van der Waals surface area contributed by atoms with Crippen molar-refractivity contribution in [2.24, 2.45) is 0 Å². The third kappa shape index (κ3) is 4.75. The SMILES string of the molecule is Cc1nn(-c2cc(Oc3ccc(NC(=O)c4ccccc4C(F)(F)F)cc3)ncn2)c(C)c1C. The zero-order valence-corrected chi connectivity index (χ0v) is 18.5. The van der Waals surface area contributed by atoms with Gasteiger partial charge in [0.05, 0.1) is 16.8 Å². The number of carbonyl (C=O) groups is 1. The van der Waals surface area contributed by atoms with Crippen LogP contribution >= 0.6 is 0 Å². The first-order valence-electron chi connectivity index (χ1n) is 10.2. The standard InChI is InChI=1S/C24H20F3N5O2/c1-14-15(2)31-32(16(14)3)21-12-22(29-13-28-21)34-18-10-8-17(9-11-18)30-23(33)19-6-4-5-7-20(19)24(25,26)27/h4-13H,1-3H3,(H,30,33). The Morgan fingerprint density at radius 1 is 1.00 bits per heavy atom. The summed E-state index contributed by atoms with van der Waals surface area (Å²) in [4.78, 5) is 20.8. The molecule has 0 saturated carbocycles. The first-order valence-corrected chi connectivity index (χ1v) is 10.2. The summed E-state index contributed by atoms with van der Waals surface area (Å²) in [6.07, 6.45) is -3.27. The summed E-state index contributed by atoms with van der Waals surface area (Å²) in [7, 11) is 0. The molecule has 7 nitrogen and oxygen atoms in total. The lowest BCUT2D eigenvalue weighted by atomic mass is 10.1. The molecule has 0 aliphatic carbocycles. The molecule has 10 heteroatoms. The lowest BCUT2D eigenvalue weighted by molar-refractivity contribution is -0.137. The van der Waals surface area contributed by atoms with Crippen LogP contribution in [0.3, 0.4) is 0 Å². The average molecular weight is 467 g/mol. The molecule has 0 bridgehead atoms. The first-order chi connectivity index (χ1) is 16.1. The second-order valence-corrected chi connectivity index (χ2v) is 7.55. The highest BCUT2D eigenvalue weighted by Crippen LogP contribution is 2.32. The van der Waals surface area contributed by atoms with Gasteiger partial charge in [-0.1, -0.05) is 12.1 Å². The number of aryl methyl sites for hydroxylation is 1. The molecule has 1 N–H and O–H groups in total. The number of alkyl halides is 3. The molecule has 34 heavy (non-hydrogen) atoms. The molecule has 0 fully saturated rings.